The van der Waals surface area contributed by atoms with Gasteiger partial charge in [0.05, 0.1) is 6.04 Å². The van der Waals surface area contributed by atoms with Crippen molar-refractivity contribution in [2.24, 2.45) is 5.92 Å². The van der Waals surface area contributed by atoms with Crippen LogP contribution in [-0.4, -0.2) is 55.0 Å². The molecule has 2 saturated heterocycles. The zero-order valence-corrected chi connectivity index (χ0v) is 15.2. The van der Waals surface area contributed by atoms with Gasteiger partial charge in [-0.3, -0.25) is 9.69 Å². The van der Waals surface area contributed by atoms with Crippen molar-refractivity contribution in [2.45, 2.75) is 44.7 Å². The summed E-state index contributed by atoms with van der Waals surface area (Å²) in [7, 11) is 1.98. The summed E-state index contributed by atoms with van der Waals surface area (Å²) in [6, 6.07) is 6.64. The van der Waals surface area contributed by atoms with Crippen LogP contribution < -0.4 is 5.32 Å². The predicted octanol–water partition coefficient (Wildman–Crippen LogP) is 2.64. The second-order valence-corrected chi connectivity index (χ2v) is 7.46. The van der Waals surface area contributed by atoms with E-state index in [4.69, 9.17) is 0 Å². The van der Waals surface area contributed by atoms with Gasteiger partial charge in [-0.2, -0.15) is 0 Å². The number of piperidine rings is 2. The minimum atomic E-state index is -0.209. The van der Waals surface area contributed by atoms with Crippen LogP contribution in [0.4, 0.5) is 4.39 Å². The summed E-state index contributed by atoms with van der Waals surface area (Å²) in [6.45, 7) is 4.42. The van der Waals surface area contributed by atoms with Crippen LogP contribution in [0.3, 0.4) is 0 Å². The summed E-state index contributed by atoms with van der Waals surface area (Å²) in [6.07, 6.45) is 5.49. The first kappa shape index (κ1) is 18.3. The van der Waals surface area contributed by atoms with Crippen LogP contribution in [0.1, 0.15) is 37.7 Å². The highest BCUT2D eigenvalue weighted by molar-refractivity contribution is 5.82. The summed E-state index contributed by atoms with van der Waals surface area (Å²) in [5.74, 6) is 0.651. The average molecular weight is 347 g/mol. The Labute approximate surface area is 150 Å². The summed E-state index contributed by atoms with van der Waals surface area (Å²) in [5.41, 5.74) is 1.08. The van der Waals surface area contributed by atoms with E-state index in [0.29, 0.717) is 11.8 Å². The predicted molar refractivity (Wildman–Crippen MR) is 97.7 cm³/mol. The molecule has 2 atom stereocenters. The minimum Gasteiger partial charge on any atom is -0.341 e. The van der Waals surface area contributed by atoms with E-state index in [0.717, 1.165) is 64.0 Å². The number of nitrogens with one attached hydrogen (secondary N) is 1. The van der Waals surface area contributed by atoms with E-state index in [2.05, 4.69) is 15.1 Å². The molecular weight excluding hydrogens is 317 g/mol. The molecule has 0 saturated carbocycles. The second-order valence-electron chi connectivity index (χ2n) is 7.46. The van der Waals surface area contributed by atoms with Crippen LogP contribution >= 0.6 is 0 Å². The van der Waals surface area contributed by atoms with Gasteiger partial charge in [0.2, 0.25) is 5.91 Å². The number of carbonyl (C=O) groups excluding carboxylic acids is 1. The number of amides is 1. The zero-order chi connectivity index (χ0) is 17.6. The van der Waals surface area contributed by atoms with Gasteiger partial charge in [-0.05, 0) is 69.4 Å². The lowest BCUT2D eigenvalue weighted by atomic mass is 9.95. The molecule has 1 aromatic rings. The van der Waals surface area contributed by atoms with Crippen molar-refractivity contribution in [2.75, 3.05) is 33.2 Å². The van der Waals surface area contributed by atoms with E-state index in [1.807, 2.05) is 19.2 Å². The summed E-state index contributed by atoms with van der Waals surface area (Å²) < 4.78 is 13.1. The Morgan fingerprint density at radius 1 is 1.16 bits per heavy atom. The Balaban J connectivity index is 1.65. The molecule has 5 heteroatoms. The van der Waals surface area contributed by atoms with Gasteiger partial charge in [0.1, 0.15) is 5.82 Å². The van der Waals surface area contributed by atoms with Gasteiger partial charge in [-0.1, -0.05) is 18.6 Å². The van der Waals surface area contributed by atoms with Gasteiger partial charge in [-0.25, -0.2) is 4.39 Å². The van der Waals surface area contributed by atoms with Gasteiger partial charge >= 0.3 is 0 Å². The molecule has 25 heavy (non-hydrogen) atoms. The molecule has 138 valence electrons. The van der Waals surface area contributed by atoms with Crippen molar-refractivity contribution in [3.05, 3.63) is 35.6 Å². The van der Waals surface area contributed by atoms with Crippen molar-refractivity contribution in [1.82, 2.24) is 15.1 Å². The van der Waals surface area contributed by atoms with Gasteiger partial charge in [-0.15, -0.1) is 0 Å². The maximum absolute atomic E-state index is 13.2. The fraction of sp³-hybridized carbons (Fsp3) is 0.650. The van der Waals surface area contributed by atoms with Crippen molar-refractivity contribution >= 4 is 5.91 Å². The van der Waals surface area contributed by atoms with E-state index < -0.39 is 0 Å². The number of nitrogens with zero attached hydrogens (tertiary/aromatic N) is 2. The third kappa shape index (κ3) is 4.79. The van der Waals surface area contributed by atoms with Gasteiger partial charge in [0, 0.05) is 19.6 Å². The Morgan fingerprint density at radius 3 is 2.72 bits per heavy atom. The van der Waals surface area contributed by atoms with Crippen molar-refractivity contribution in [3.63, 3.8) is 0 Å². The number of likely N-dealkylation sites (tertiary alicyclic amines) is 2. The van der Waals surface area contributed by atoms with Gasteiger partial charge in [0.25, 0.3) is 0 Å². The van der Waals surface area contributed by atoms with Crippen LogP contribution in [0, 0.1) is 11.7 Å². The number of hydrogen-bond donors (Lipinski definition) is 1. The monoisotopic (exact) mass is 347 g/mol. The van der Waals surface area contributed by atoms with E-state index in [9.17, 15) is 9.18 Å². The molecular formula is C20H30FN3O. The molecule has 0 radical (unpaired) electrons. The Hall–Kier alpha value is -1.46. The fourth-order valence-corrected chi connectivity index (χ4v) is 4.22. The lowest BCUT2D eigenvalue weighted by molar-refractivity contribution is -0.140. The Bertz CT molecular complexity index is 561. The molecule has 2 aliphatic rings. The maximum atomic E-state index is 13.2. The molecule has 3 rings (SSSR count). The van der Waals surface area contributed by atoms with Crippen LogP contribution in [0.15, 0.2) is 24.3 Å². The van der Waals surface area contributed by atoms with Crippen molar-refractivity contribution < 1.29 is 9.18 Å². The van der Waals surface area contributed by atoms with E-state index in [1.165, 1.54) is 18.6 Å². The molecule has 0 bridgehead atoms. The highest BCUT2D eigenvalue weighted by Crippen LogP contribution is 2.24. The number of halogens is 1. The molecule has 1 N–H and O–H groups in total. The van der Waals surface area contributed by atoms with E-state index in [1.54, 1.807) is 0 Å². The molecule has 0 spiro atoms. The lowest BCUT2D eigenvalue weighted by Gasteiger charge is -2.40. The van der Waals surface area contributed by atoms with E-state index in [-0.39, 0.29) is 11.9 Å². The van der Waals surface area contributed by atoms with Gasteiger partial charge < -0.3 is 10.2 Å². The molecule has 1 aromatic carbocycles. The first-order chi connectivity index (χ1) is 12.2. The molecule has 2 heterocycles. The van der Waals surface area contributed by atoms with Gasteiger partial charge in [0.15, 0.2) is 0 Å². The molecule has 4 nitrogen and oxygen atoms in total. The third-order valence-corrected chi connectivity index (χ3v) is 5.52. The van der Waals surface area contributed by atoms with E-state index >= 15 is 0 Å². The standard InChI is InChI=1S/C20H30FN3O/c1-22-13-17-5-4-12-24(15-17)20(25)19-6-2-3-11-23(19)14-16-7-9-18(21)10-8-16/h7-10,17,19,22H,2-6,11-15H2,1H3/t17-,19+/m1/s1. The number of hydrogen-bond acceptors (Lipinski definition) is 3. The first-order valence-electron chi connectivity index (χ1n) is 9.59. The number of benzene rings is 1. The fourth-order valence-electron chi connectivity index (χ4n) is 4.22. The Kier molecular flexibility index (Phi) is 6.43. The second kappa shape index (κ2) is 8.77. The average Bonchev–Trinajstić information content (AvgIpc) is 2.64. The molecule has 0 unspecified atom stereocenters. The normalized spacial score (nSPS) is 25.1. The lowest BCUT2D eigenvalue weighted by Crippen LogP contribution is -2.53. The van der Waals surface area contributed by atoms with Crippen molar-refractivity contribution in [1.29, 1.82) is 0 Å². The van der Waals surface area contributed by atoms with Crippen LogP contribution in [0.25, 0.3) is 0 Å². The highest BCUT2D eigenvalue weighted by atomic mass is 19.1. The first-order valence-corrected chi connectivity index (χ1v) is 9.59. The molecule has 1 amide bonds. The van der Waals surface area contributed by atoms with Crippen LogP contribution in [0.5, 0.6) is 0 Å². The highest BCUT2D eigenvalue weighted by Gasteiger charge is 2.33. The zero-order valence-electron chi connectivity index (χ0n) is 15.2. The summed E-state index contributed by atoms with van der Waals surface area (Å²) >= 11 is 0. The topological polar surface area (TPSA) is 35.6 Å². The molecule has 2 aliphatic heterocycles. The SMILES string of the molecule is CNC[C@H]1CCCN(C(=O)[C@@H]2CCCCN2Cc2ccc(F)cc2)C1. The quantitative estimate of drug-likeness (QED) is 0.889. The largest absolute Gasteiger partial charge is 0.341 e. The smallest absolute Gasteiger partial charge is 0.239 e. The maximum Gasteiger partial charge on any atom is 0.239 e. The number of rotatable bonds is 5. The molecule has 0 aromatic heterocycles. The van der Waals surface area contributed by atoms with Crippen LogP contribution in [-0.2, 0) is 11.3 Å². The number of carbonyl (C=O) groups is 1. The summed E-state index contributed by atoms with van der Waals surface area (Å²) in [5, 5.41) is 3.24. The van der Waals surface area contributed by atoms with Crippen molar-refractivity contribution in [3.8, 4) is 0 Å². The molecule has 2 fully saturated rings. The third-order valence-electron chi connectivity index (χ3n) is 5.52. The summed E-state index contributed by atoms with van der Waals surface area (Å²) in [4.78, 5) is 17.5. The molecule has 0 aliphatic carbocycles. The Morgan fingerprint density at radius 2 is 1.96 bits per heavy atom. The van der Waals surface area contributed by atoms with Crippen LogP contribution in [0.2, 0.25) is 0 Å². The minimum absolute atomic E-state index is 0.0212.